The first-order valence-electron chi connectivity index (χ1n) is 5.62. The van der Waals surface area contributed by atoms with Gasteiger partial charge in [-0.3, -0.25) is 4.79 Å². The van der Waals surface area contributed by atoms with E-state index in [2.05, 4.69) is 15.9 Å². The number of aryl methyl sites for hydroxylation is 1. The van der Waals surface area contributed by atoms with Crippen LogP contribution >= 0.6 is 15.9 Å². The van der Waals surface area contributed by atoms with Crippen molar-refractivity contribution in [2.45, 2.75) is 38.6 Å². The second-order valence-corrected chi connectivity index (χ2v) is 5.23. The predicted octanol–water partition coefficient (Wildman–Crippen LogP) is 3.19. The maximum atomic E-state index is 11.5. The van der Waals surface area contributed by atoms with Crippen LogP contribution in [-0.4, -0.2) is 4.57 Å². The number of halogens is 1. The smallest absolute Gasteiger partial charge is 0.250 e. The molecule has 0 atom stereocenters. The highest BCUT2D eigenvalue weighted by atomic mass is 79.9. The molecule has 1 saturated carbocycles. The van der Waals surface area contributed by atoms with Gasteiger partial charge < -0.3 is 4.57 Å². The molecule has 2 rings (SSSR count). The molecule has 15 heavy (non-hydrogen) atoms. The molecule has 0 unspecified atom stereocenters. The third kappa shape index (κ3) is 2.94. The van der Waals surface area contributed by atoms with Gasteiger partial charge >= 0.3 is 0 Å². The minimum atomic E-state index is 0.108. The summed E-state index contributed by atoms with van der Waals surface area (Å²) >= 11 is 3.39. The van der Waals surface area contributed by atoms with Gasteiger partial charge in [-0.05, 0) is 34.3 Å². The van der Waals surface area contributed by atoms with Crippen LogP contribution in [0.25, 0.3) is 0 Å². The molecule has 1 aromatic rings. The Balaban J connectivity index is 1.97. The van der Waals surface area contributed by atoms with Gasteiger partial charge in [0.1, 0.15) is 0 Å². The monoisotopic (exact) mass is 269 g/mol. The van der Waals surface area contributed by atoms with Crippen molar-refractivity contribution < 1.29 is 0 Å². The summed E-state index contributed by atoms with van der Waals surface area (Å²) in [7, 11) is 0. The molecule has 1 heterocycles. The molecule has 0 N–H and O–H groups in total. The van der Waals surface area contributed by atoms with Gasteiger partial charge in [0, 0.05) is 23.3 Å². The molecule has 0 aliphatic heterocycles. The van der Waals surface area contributed by atoms with E-state index >= 15 is 0 Å². The number of nitrogens with zero attached hydrogens (tertiary/aromatic N) is 1. The zero-order valence-corrected chi connectivity index (χ0v) is 10.4. The fourth-order valence-corrected chi connectivity index (χ4v) is 2.68. The Labute approximate surface area is 98.4 Å². The largest absolute Gasteiger partial charge is 0.314 e. The van der Waals surface area contributed by atoms with Gasteiger partial charge in [-0.15, -0.1) is 0 Å². The Kier molecular flexibility index (Phi) is 3.62. The Morgan fingerprint density at radius 1 is 1.33 bits per heavy atom. The zero-order chi connectivity index (χ0) is 10.7. The summed E-state index contributed by atoms with van der Waals surface area (Å²) in [6, 6.07) is 3.42. The van der Waals surface area contributed by atoms with Crippen LogP contribution in [-0.2, 0) is 6.54 Å². The number of hydrogen-bond acceptors (Lipinski definition) is 1. The lowest BCUT2D eigenvalue weighted by atomic mass is 10.0. The lowest BCUT2D eigenvalue weighted by Gasteiger charge is -2.10. The van der Waals surface area contributed by atoms with Crippen LogP contribution in [0.15, 0.2) is 27.6 Å². The maximum Gasteiger partial charge on any atom is 0.250 e. The van der Waals surface area contributed by atoms with Crippen LogP contribution in [0.2, 0.25) is 0 Å². The molecule has 0 saturated heterocycles. The number of hydrogen-bond donors (Lipinski definition) is 0. The third-order valence-electron chi connectivity index (χ3n) is 3.20. The Morgan fingerprint density at radius 3 is 2.80 bits per heavy atom. The first kappa shape index (κ1) is 10.9. The van der Waals surface area contributed by atoms with Crippen LogP contribution in [0, 0.1) is 5.92 Å². The standard InChI is InChI=1S/C12H16BrNO/c13-11-5-6-12(15)14(9-11)8-7-10-3-1-2-4-10/h5-6,9-10H,1-4,7-8H2. The normalized spacial score (nSPS) is 17.1. The van der Waals surface area contributed by atoms with Crippen LogP contribution in [0.3, 0.4) is 0 Å². The minimum absolute atomic E-state index is 0.108. The van der Waals surface area contributed by atoms with E-state index in [0.717, 1.165) is 23.4 Å². The summed E-state index contributed by atoms with van der Waals surface area (Å²) in [6.07, 6.45) is 8.48. The molecule has 0 radical (unpaired) electrons. The molecular weight excluding hydrogens is 254 g/mol. The molecule has 0 aromatic carbocycles. The fourth-order valence-electron chi connectivity index (χ4n) is 2.30. The van der Waals surface area contributed by atoms with Gasteiger partial charge in [-0.1, -0.05) is 25.7 Å². The summed E-state index contributed by atoms with van der Waals surface area (Å²) in [4.78, 5) is 11.5. The first-order chi connectivity index (χ1) is 7.25. The predicted molar refractivity (Wildman–Crippen MR) is 65.0 cm³/mol. The summed E-state index contributed by atoms with van der Waals surface area (Å²) in [5.41, 5.74) is 0.108. The lowest BCUT2D eigenvalue weighted by Crippen LogP contribution is -2.19. The van der Waals surface area contributed by atoms with Gasteiger partial charge in [0.25, 0.3) is 5.56 Å². The molecular formula is C12H16BrNO. The van der Waals surface area contributed by atoms with Crippen LogP contribution < -0.4 is 5.56 Å². The van der Waals surface area contributed by atoms with Crippen molar-refractivity contribution in [1.29, 1.82) is 0 Å². The molecule has 1 aliphatic rings. The van der Waals surface area contributed by atoms with Gasteiger partial charge in [0.15, 0.2) is 0 Å². The summed E-state index contributed by atoms with van der Waals surface area (Å²) in [5, 5.41) is 0. The van der Waals surface area contributed by atoms with Gasteiger partial charge in [0.05, 0.1) is 0 Å². The molecule has 2 nitrogen and oxygen atoms in total. The van der Waals surface area contributed by atoms with E-state index in [1.165, 1.54) is 25.7 Å². The van der Waals surface area contributed by atoms with E-state index in [0.29, 0.717) is 0 Å². The van der Waals surface area contributed by atoms with E-state index in [9.17, 15) is 4.79 Å². The SMILES string of the molecule is O=c1ccc(Br)cn1CCC1CCCC1. The van der Waals surface area contributed by atoms with Crippen LogP contribution in [0.5, 0.6) is 0 Å². The lowest BCUT2D eigenvalue weighted by molar-refractivity contribution is 0.452. The number of aromatic nitrogens is 1. The van der Waals surface area contributed by atoms with Gasteiger partial charge in [0.2, 0.25) is 0 Å². The average molecular weight is 270 g/mol. The first-order valence-corrected chi connectivity index (χ1v) is 6.41. The second kappa shape index (κ2) is 4.97. The molecule has 1 fully saturated rings. The van der Waals surface area contributed by atoms with Crippen molar-refractivity contribution in [2.75, 3.05) is 0 Å². The zero-order valence-electron chi connectivity index (χ0n) is 8.79. The van der Waals surface area contributed by atoms with Crippen molar-refractivity contribution >= 4 is 15.9 Å². The van der Waals surface area contributed by atoms with E-state index in [4.69, 9.17) is 0 Å². The molecule has 1 aliphatic carbocycles. The molecule has 1 aromatic heterocycles. The molecule has 0 bridgehead atoms. The summed E-state index contributed by atoms with van der Waals surface area (Å²) in [5.74, 6) is 0.843. The molecule has 3 heteroatoms. The van der Waals surface area contributed by atoms with Crippen LogP contribution in [0.1, 0.15) is 32.1 Å². The topological polar surface area (TPSA) is 22.0 Å². The minimum Gasteiger partial charge on any atom is -0.314 e. The van der Waals surface area contributed by atoms with Crippen molar-refractivity contribution in [1.82, 2.24) is 4.57 Å². The second-order valence-electron chi connectivity index (χ2n) is 4.32. The van der Waals surface area contributed by atoms with Crippen molar-refractivity contribution in [2.24, 2.45) is 5.92 Å². The Bertz CT molecular complexity index is 379. The Morgan fingerprint density at radius 2 is 2.07 bits per heavy atom. The Hall–Kier alpha value is -0.570. The maximum absolute atomic E-state index is 11.5. The van der Waals surface area contributed by atoms with Crippen molar-refractivity contribution in [3.05, 3.63) is 33.2 Å². The molecule has 0 spiro atoms. The van der Waals surface area contributed by atoms with Gasteiger partial charge in [-0.25, -0.2) is 0 Å². The van der Waals surface area contributed by atoms with Gasteiger partial charge in [-0.2, -0.15) is 0 Å². The van der Waals surface area contributed by atoms with Crippen molar-refractivity contribution in [3.8, 4) is 0 Å². The average Bonchev–Trinajstić information content (AvgIpc) is 2.72. The summed E-state index contributed by atoms with van der Waals surface area (Å²) < 4.78 is 2.79. The fraction of sp³-hybridized carbons (Fsp3) is 0.583. The third-order valence-corrected chi connectivity index (χ3v) is 3.67. The number of pyridine rings is 1. The van der Waals surface area contributed by atoms with E-state index in [1.54, 1.807) is 12.1 Å². The molecule has 0 amide bonds. The number of rotatable bonds is 3. The highest BCUT2D eigenvalue weighted by molar-refractivity contribution is 9.10. The summed E-state index contributed by atoms with van der Waals surface area (Å²) in [6.45, 7) is 0.864. The quantitative estimate of drug-likeness (QED) is 0.826. The highest BCUT2D eigenvalue weighted by Crippen LogP contribution is 2.27. The van der Waals surface area contributed by atoms with Crippen LogP contribution in [0.4, 0.5) is 0 Å². The van der Waals surface area contributed by atoms with E-state index in [-0.39, 0.29) is 5.56 Å². The van der Waals surface area contributed by atoms with E-state index in [1.807, 2.05) is 10.8 Å². The molecule has 82 valence electrons. The van der Waals surface area contributed by atoms with E-state index < -0.39 is 0 Å². The van der Waals surface area contributed by atoms with Crippen molar-refractivity contribution in [3.63, 3.8) is 0 Å². The highest BCUT2D eigenvalue weighted by Gasteiger charge is 2.14.